The van der Waals surface area contributed by atoms with Gasteiger partial charge in [0.2, 0.25) is 5.78 Å². The molecule has 0 aromatic rings. The van der Waals surface area contributed by atoms with E-state index in [4.69, 9.17) is 4.74 Å². The summed E-state index contributed by atoms with van der Waals surface area (Å²) in [7, 11) is 0. The number of aliphatic hydroxyl groups excluding tert-OH is 1. The van der Waals surface area contributed by atoms with Crippen molar-refractivity contribution >= 4 is 17.5 Å². The minimum atomic E-state index is -1.72. The number of fused-ring (bicyclic) bond motifs is 5. The highest BCUT2D eigenvalue weighted by Gasteiger charge is 2.69. The summed E-state index contributed by atoms with van der Waals surface area (Å²) in [5.74, 6) is -1.76. The summed E-state index contributed by atoms with van der Waals surface area (Å²) in [5.41, 5.74) is -2.74. The van der Waals surface area contributed by atoms with Gasteiger partial charge in [0.15, 0.2) is 12.4 Å². The Kier molecular flexibility index (Phi) is 5.01. The lowest BCUT2D eigenvalue weighted by molar-refractivity contribution is -0.186. The van der Waals surface area contributed by atoms with Gasteiger partial charge in [0.1, 0.15) is 11.8 Å². The molecule has 3 saturated carbocycles. The SMILES string of the molecule is CC(=O)OCC(=O)[C@@]1(O)CC[C@@H]2[C@@H]3C[C@H](F)C4=CC(=O)CC[C@]4(C)[C@@H]3[C@@H](O)C[C@@]21C. The lowest BCUT2D eigenvalue weighted by Crippen LogP contribution is -2.63. The number of aliphatic hydroxyl groups is 2. The second kappa shape index (κ2) is 6.95. The van der Waals surface area contributed by atoms with Crippen LogP contribution in [0.15, 0.2) is 11.6 Å². The Morgan fingerprint density at radius 2 is 2.00 bits per heavy atom. The number of halogens is 1. The van der Waals surface area contributed by atoms with E-state index in [0.29, 0.717) is 24.8 Å². The molecule has 166 valence electrons. The number of ether oxygens (including phenoxy) is 1. The molecular weight excluding hydrogens is 391 g/mol. The topological polar surface area (TPSA) is 101 Å². The second-order valence-electron chi connectivity index (χ2n) is 10.3. The highest BCUT2D eigenvalue weighted by Crippen LogP contribution is 2.67. The zero-order chi connectivity index (χ0) is 22.1. The first kappa shape index (κ1) is 21.6. The van der Waals surface area contributed by atoms with E-state index in [1.165, 1.54) is 13.0 Å². The number of rotatable bonds is 3. The van der Waals surface area contributed by atoms with Gasteiger partial charge in [-0.25, -0.2) is 4.39 Å². The molecule has 2 N–H and O–H groups in total. The molecular formula is C23H31FO6. The molecule has 6 nitrogen and oxygen atoms in total. The number of allylic oxidation sites excluding steroid dienone is 1. The van der Waals surface area contributed by atoms with E-state index in [1.807, 2.05) is 6.92 Å². The Balaban J connectivity index is 1.69. The monoisotopic (exact) mass is 422 g/mol. The standard InChI is InChI=1S/C23H31FO6/c1-12(25)30-11-19(28)23(29)7-5-15-14-9-17(24)16-8-13(26)4-6-21(16,2)20(14)18(27)10-22(15,23)3/h8,14-15,17-18,20,27,29H,4-7,9-11H2,1-3H3/t14-,15+,17-,18-,20-,21-,22-,23-/m0/s1. The summed E-state index contributed by atoms with van der Waals surface area (Å²) in [6, 6.07) is 0. The summed E-state index contributed by atoms with van der Waals surface area (Å²) in [5, 5.41) is 22.7. The molecule has 4 rings (SSSR count). The Morgan fingerprint density at radius 3 is 2.67 bits per heavy atom. The highest BCUT2D eigenvalue weighted by molar-refractivity contribution is 5.92. The van der Waals surface area contributed by atoms with Crippen molar-refractivity contribution in [3.8, 4) is 0 Å². The zero-order valence-corrected chi connectivity index (χ0v) is 17.8. The first-order chi connectivity index (χ1) is 13.9. The molecule has 30 heavy (non-hydrogen) atoms. The van der Waals surface area contributed by atoms with Crippen molar-refractivity contribution in [3.63, 3.8) is 0 Å². The number of hydrogen-bond donors (Lipinski definition) is 2. The Hall–Kier alpha value is -1.60. The molecule has 4 aliphatic carbocycles. The van der Waals surface area contributed by atoms with Crippen molar-refractivity contribution < 1.29 is 33.7 Å². The number of esters is 1. The van der Waals surface area contributed by atoms with Crippen LogP contribution in [0, 0.1) is 28.6 Å². The molecule has 0 saturated heterocycles. The van der Waals surface area contributed by atoms with Crippen molar-refractivity contribution in [2.45, 2.75) is 77.2 Å². The molecule has 0 aliphatic heterocycles. The van der Waals surface area contributed by atoms with Crippen LogP contribution in [0.25, 0.3) is 0 Å². The minimum absolute atomic E-state index is 0.0648. The van der Waals surface area contributed by atoms with Crippen LogP contribution in [-0.2, 0) is 19.1 Å². The molecule has 4 aliphatic rings. The number of carbonyl (C=O) groups excluding carboxylic acids is 3. The van der Waals surface area contributed by atoms with Crippen LogP contribution in [0.1, 0.15) is 59.3 Å². The molecule has 3 fully saturated rings. The highest BCUT2D eigenvalue weighted by atomic mass is 19.1. The minimum Gasteiger partial charge on any atom is -0.458 e. The molecule has 7 heteroatoms. The van der Waals surface area contributed by atoms with Crippen LogP contribution in [0.5, 0.6) is 0 Å². The van der Waals surface area contributed by atoms with Gasteiger partial charge in [-0.05, 0) is 66.9 Å². The van der Waals surface area contributed by atoms with Crippen molar-refractivity contribution in [2.75, 3.05) is 6.61 Å². The number of ketones is 2. The van der Waals surface area contributed by atoms with E-state index in [2.05, 4.69) is 0 Å². The Bertz CT molecular complexity index is 823. The smallest absolute Gasteiger partial charge is 0.303 e. The first-order valence-corrected chi connectivity index (χ1v) is 10.9. The molecule has 0 spiro atoms. The maximum Gasteiger partial charge on any atom is 0.303 e. The average molecular weight is 422 g/mol. The maximum atomic E-state index is 15.3. The largest absolute Gasteiger partial charge is 0.458 e. The normalized spacial score (nSPS) is 47.6. The lowest BCUT2D eigenvalue weighted by Gasteiger charge is -2.61. The predicted octanol–water partition coefficient (Wildman–Crippen LogP) is 2.30. The van der Waals surface area contributed by atoms with Crippen LogP contribution in [0.3, 0.4) is 0 Å². The molecule has 0 aromatic heterocycles. The fourth-order valence-electron chi connectivity index (χ4n) is 7.44. The molecule has 0 bridgehead atoms. The molecule has 8 atom stereocenters. The third kappa shape index (κ3) is 2.84. The third-order valence-corrected chi connectivity index (χ3v) is 8.89. The van der Waals surface area contributed by atoms with Gasteiger partial charge >= 0.3 is 5.97 Å². The van der Waals surface area contributed by atoms with Crippen molar-refractivity contribution in [1.29, 1.82) is 0 Å². The molecule has 0 heterocycles. The number of hydrogen-bond acceptors (Lipinski definition) is 6. The summed E-state index contributed by atoms with van der Waals surface area (Å²) in [6.45, 7) is 4.46. The zero-order valence-electron chi connectivity index (χ0n) is 17.8. The maximum absolute atomic E-state index is 15.3. The Labute approximate surface area is 175 Å². The average Bonchev–Trinajstić information content (AvgIpc) is 2.93. The quantitative estimate of drug-likeness (QED) is 0.677. The second-order valence-corrected chi connectivity index (χ2v) is 10.3. The van der Waals surface area contributed by atoms with Crippen LogP contribution in [0.2, 0.25) is 0 Å². The van der Waals surface area contributed by atoms with E-state index in [9.17, 15) is 24.6 Å². The number of Topliss-reactive ketones (excluding diaryl/α,β-unsaturated/α-hetero) is 1. The summed E-state index contributed by atoms with van der Waals surface area (Å²) in [4.78, 5) is 35.9. The third-order valence-electron chi connectivity index (χ3n) is 8.89. The molecule has 0 aromatic carbocycles. The lowest BCUT2D eigenvalue weighted by atomic mass is 9.45. The van der Waals surface area contributed by atoms with E-state index in [1.54, 1.807) is 6.92 Å². The molecule has 0 radical (unpaired) electrons. The van der Waals surface area contributed by atoms with Crippen molar-refractivity contribution in [2.24, 2.45) is 28.6 Å². The van der Waals surface area contributed by atoms with Gasteiger partial charge in [0.25, 0.3) is 0 Å². The fraction of sp³-hybridized carbons (Fsp3) is 0.783. The summed E-state index contributed by atoms with van der Waals surface area (Å²) < 4.78 is 20.1. The van der Waals surface area contributed by atoms with Gasteiger partial charge in [0.05, 0.1) is 6.10 Å². The molecule has 0 amide bonds. The summed E-state index contributed by atoms with van der Waals surface area (Å²) >= 11 is 0. The van der Waals surface area contributed by atoms with Crippen LogP contribution in [-0.4, -0.2) is 52.2 Å². The van der Waals surface area contributed by atoms with Gasteiger partial charge in [-0.1, -0.05) is 13.8 Å². The van der Waals surface area contributed by atoms with Crippen LogP contribution < -0.4 is 0 Å². The fourth-order valence-corrected chi connectivity index (χ4v) is 7.44. The van der Waals surface area contributed by atoms with Crippen molar-refractivity contribution in [1.82, 2.24) is 0 Å². The van der Waals surface area contributed by atoms with E-state index < -0.39 is 47.1 Å². The van der Waals surface area contributed by atoms with Crippen LogP contribution >= 0.6 is 0 Å². The van der Waals surface area contributed by atoms with Gasteiger partial charge < -0.3 is 14.9 Å². The number of carbonyl (C=O) groups is 3. The van der Waals surface area contributed by atoms with E-state index in [-0.39, 0.29) is 42.8 Å². The first-order valence-electron chi connectivity index (χ1n) is 10.9. The molecule has 0 unspecified atom stereocenters. The van der Waals surface area contributed by atoms with E-state index in [0.717, 1.165) is 0 Å². The number of alkyl halides is 1. The van der Waals surface area contributed by atoms with Gasteiger partial charge in [-0.15, -0.1) is 0 Å². The predicted molar refractivity (Wildman–Crippen MR) is 105 cm³/mol. The van der Waals surface area contributed by atoms with Gasteiger partial charge in [-0.3, -0.25) is 14.4 Å². The van der Waals surface area contributed by atoms with Gasteiger partial charge in [0, 0.05) is 18.8 Å². The van der Waals surface area contributed by atoms with E-state index >= 15 is 4.39 Å². The van der Waals surface area contributed by atoms with Crippen molar-refractivity contribution in [3.05, 3.63) is 11.6 Å². The summed E-state index contributed by atoms with van der Waals surface area (Å²) in [6.07, 6.45) is 1.37. The Morgan fingerprint density at radius 1 is 1.30 bits per heavy atom. The van der Waals surface area contributed by atoms with Gasteiger partial charge in [-0.2, -0.15) is 0 Å². The van der Waals surface area contributed by atoms with Crippen LogP contribution in [0.4, 0.5) is 4.39 Å².